The molecule has 0 N–H and O–H groups in total. The zero-order chi connectivity index (χ0) is 27.6. The van der Waals surface area contributed by atoms with Gasteiger partial charge in [0.05, 0.1) is 11.4 Å². The number of halogens is 2. The van der Waals surface area contributed by atoms with E-state index < -0.39 is 11.7 Å². The van der Waals surface area contributed by atoms with Gasteiger partial charge < -0.3 is 4.90 Å². The molecule has 0 spiro atoms. The van der Waals surface area contributed by atoms with Gasteiger partial charge in [-0.3, -0.25) is 9.59 Å². The molecule has 9 nitrogen and oxygen atoms in total. The molecule has 0 radical (unpaired) electrons. The first-order chi connectivity index (χ1) is 19.5. The summed E-state index contributed by atoms with van der Waals surface area (Å²) in [5.41, 5.74) is 2.33. The highest BCUT2D eigenvalue weighted by molar-refractivity contribution is 7.04. The molecule has 12 heteroatoms. The summed E-state index contributed by atoms with van der Waals surface area (Å²) in [4.78, 5) is 33.1. The molecule has 3 heterocycles. The van der Waals surface area contributed by atoms with Crippen LogP contribution in [0.2, 0.25) is 5.02 Å². The van der Waals surface area contributed by atoms with E-state index in [1.54, 1.807) is 45.4 Å². The minimum atomic E-state index is -0.686. The summed E-state index contributed by atoms with van der Waals surface area (Å²) in [5, 5.41) is 13.4. The molecule has 1 fully saturated rings. The van der Waals surface area contributed by atoms with Crippen molar-refractivity contribution in [3.63, 3.8) is 0 Å². The van der Waals surface area contributed by atoms with Crippen LogP contribution in [0.4, 0.5) is 4.39 Å². The first kappa shape index (κ1) is 25.8. The van der Waals surface area contributed by atoms with Crippen LogP contribution in [0.1, 0.15) is 33.8 Å². The number of carbonyl (C=O) groups excluding carboxylic acids is 2. The Balaban J connectivity index is 1.48. The van der Waals surface area contributed by atoms with Gasteiger partial charge in [-0.25, -0.2) is 9.07 Å². The Bertz CT molecular complexity index is 1760. The maximum absolute atomic E-state index is 13.7. The molecule has 0 saturated carbocycles. The molecule has 6 rings (SSSR count). The molecular formula is C28H21ClFN7O2S. The summed E-state index contributed by atoms with van der Waals surface area (Å²) < 4.78 is 16.8. The summed E-state index contributed by atoms with van der Waals surface area (Å²) in [7, 11) is 0. The van der Waals surface area contributed by atoms with Gasteiger partial charge in [0, 0.05) is 23.7 Å². The monoisotopic (exact) mass is 573 g/mol. The van der Waals surface area contributed by atoms with E-state index in [-0.39, 0.29) is 22.0 Å². The van der Waals surface area contributed by atoms with Gasteiger partial charge in [-0.05, 0) is 72.9 Å². The maximum Gasteiger partial charge on any atom is 0.301 e. The average Bonchev–Trinajstić information content (AvgIpc) is 3.74. The van der Waals surface area contributed by atoms with E-state index in [1.165, 1.54) is 16.8 Å². The van der Waals surface area contributed by atoms with Crippen molar-refractivity contribution in [2.45, 2.75) is 12.8 Å². The molecule has 200 valence electrons. The second kappa shape index (κ2) is 10.9. The van der Waals surface area contributed by atoms with Gasteiger partial charge in [0.1, 0.15) is 11.5 Å². The highest BCUT2D eigenvalue weighted by Crippen LogP contribution is 2.26. The molecule has 2 amide bonds. The average molecular weight is 574 g/mol. The van der Waals surface area contributed by atoms with Gasteiger partial charge in [-0.15, -0.1) is 10.2 Å². The summed E-state index contributed by atoms with van der Waals surface area (Å²) in [6, 6.07) is 21.8. The first-order valence-corrected chi connectivity index (χ1v) is 13.6. The van der Waals surface area contributed by atoms with Gasteiger partial charge in [0.15, 0.2) is 16.1 Å². The Morgan fingerprint density at radius 3 is 2.25 bits per heavy atom. The van der Waals surface area contributed by atoms with E-state index in [0.29, 0.717) is 40.7 Å². The number of benzene rings is 3. The van der Waals surface area contributed by atoms with Crippen molar-refractivity contribution < 1.29 is 14.0 Å². The normalized spacial score (nSPS) is 13.7. The van der Waals surface area contributed by atoms with E-state index in [4.69, 9.17) is 11.6 Å². The van der Waals surface area contributed by atoms with Gasteiger partial charge in [0.2, 0.25) is 0 Å². The smallest absolute Gasteiger partial charge is 0.301 e. The first-order valence-electron chi connectivity index (χ1n) is 12.5. The van der Waals surface area contributed by atoms with Crippen LogP contribution in [-0.4, -0.2) is 54.0 Å². The van der Waals surface area contributed by atoms with Crippen LogP contribution in [0.25, 0.3) is 22.6 Å². The van der Waals surface area contributed by atoms with Crippen molar-refractivity contribution in [2.75, 3.05) is 13.1 Å². The fourth-order valence-electron chi connectivity index (χ4n) is 4.42. The molecule has 1 aliphatic rings. The fraction of sp³-hybridized carbons (Fsp3) is 0.143. The number of aromatic nitrogens is 5. The van der Waals surface area contributed by atoms with Crippen molar-refractivity contribution in [3.8, 4) is 22.6 Å². The molecule has 0 atom stereocenters. The van der Waals surface area contributed by atoms with Crippen molar-refractivity contribution in [3.05, 3.63) is 106 Å². The third-order valence-electron chi connectivity index (χ3n) is 6.40. The van der Waals surface area contributed by atoms with Crippen LogP contribution >= 0.6 is 23.1 Å². The number of hydrogen-bond acceptors (Lipinski definition) is 6. The largest absolute Gasteiger partial charge is 0.337 e. The highest BCUT2D eigenvalue weighted by Gasteiger charge is 2.27. The molecule has 1 saturated heterocycles. The molecular weight excluding hydrogens is 553 g/mol. The summed E-state index contributed by atoms with van der Waals surface area (Å²) in [6.45, 7) is 1.24. The molecule has 0 aliphatic carbocycles. The highest BCUT2D eigenvalue weighted by atomic mass is 35.5. The lowest BCUT2D eigenvalue weighted by molar-refractivity contribution is 0.0785. The zero-order valence-electron chi connectivity index (χ0n) is 20.9. The third-order valence-corrected chi connectivity index (χ3v) is 7.58. The van der Waals surface area contributed by atoms with E-state index in [2.05, 4.69) is 20.4 Å². The zero-order valence-corrected chi connectivity index (χ0v) is 22.5. The van der Waals surface area contributed by atoms with Crippen LogP contribution < -0.4 is 4.67 Å². The second-order valence-corrected chi connectivity index (χ2v) is 10.4. The third kappa shape index (κ3) is 5.08. The van der Waals surface area contributed by atoms with E-state index in [1.807, 2.05) is 30.3 Å². The minimum Gasteiger partial charge on any atom is -0.337 e. The lowest BCUT2D eigenvalue weighted by atomic mass is 10.1. The van der Waals surface area contributed by atoms with E-state index >= 15 is 0 Å². The molecule has 1 aliphatic heterocycles. The van der Waals surface area contributed by atoms with Crippen molar-refractivity contribution >= 4 is 34.9 Å². The Kier molecular flexibility index (Phi) is 7.06. The van der Waals surface area contributed by atoms with Crippen LogP contribution in [0.3, 0.4) is 0 Å². The predicted molar refractivity (Wildman–Crippen MR) is 148 cm³/mol. The molecule has 0 bridgehead atoms. The number of carbonyl (C=O) groups is 2. The molecule has 40 heavy (non-hydrogen) atoms. The molecule has 2 aromatic heterocycles. The predicted octanol–water partition coefficient (Wildman–Crippen LogP) is 4.95. The van der Waals surface area contributed by atoms with Gasteiger partial charge in [-0.1, -0.05) is 47.1 Å². The van der Waals surface area contributed by atoms with E-state index in [9.17, 15) is 14.0 Å². The van der Waals surface area contributed by atoms with Crippen molar-refractivity contribution in [2.24, 2.45) is 4.99 Å². The Labute approximate surface area is 236 Å². The Hall–Kier alpha value is -4.48. The summed E-state index contributed by atoms with van der Waals surface area (Å²) >= 11 is 7.11. The van der Waals surface area contributed by atoms with E-state index in [0.717, 1.165) is 24.4 Å². The maximum atomic E-state index is 13.7. The number of amides is 2. The lowest BCUT2D eigenvalue weighted by Gasteiger charge is -2.12. The molecule has 5 aromatic rings. The second-order valence-electron chi connectivity index (χ2n) is 9.05. The fourth-order valence-corrected chi connectivity index (χ4v) is 5.40. The lowest BCUT2D eigenvalue weighted by Crippen LogP contribution is -2.31. The van der Waals surface area contributed by atoms with Crippen molar-refractivity contribution in [1.82, 2.24) is 29.1 Å². The Morgan fingerprint density at radius 1 is 0.875 bits per heavy atom. The molecule has 0 unspecified atom stereocenters. The number of likely N-dealkylation sites (tertiary alicyclic amines) is 1. The minimum absolute atomic E-state index is 0.0125. The van der Waals surface area contributed by atoms with Gasteiger partial charge in [-0.2, -0.15) is 9.06 Å². The number of nitrogens with zero attached hydrogens (tertiary/aromatic N) is 7. The molecule has 3 aromatic carbocycles. The number of hydrogen-bond donors (Lipinski definition) is 0. The topological polar surface area (TPSA) is 98.3 Å². The Morgan fingerprint density at radius 2 is 1.55 bits per heavy atom. The number of rotatable bonds is 5. The van der Waals surface area contributed by atoms with Crippen LogP contribution in [0.5, 0.6) is 0 Å². The van der Waals surface area contributed by atoms with Crippen LogP contribution in [0.15, 0.2) is 83.9 Å². The quantitative estimate of drug-likeness (QED) is 0.296. The standard InChI is InChI=1S/C28H21ClFN7O2S/c29-19-8-12-22(13-9-19)37-33-24(28(39)35-16-4-5-17-35)27(40-37)31-26(38)23-25(18-6-2-1-3-7-18)36(34-32-23)21-14-10-20(30)11-15-21/h1-3,6-15H,4-5,16-17H2. The van der Waals surface area contributed by atoms with Gasteiger partial charge >= 0.3 is 5.91 Å². The summed E-state index contributed by atoms with van der Waals surface area (Å²) in [6.07, 6.45) is 1.82. The SMILES string of the molecule is O=C(N=c1sn(-c2ccc(Cl)cc2)nc1C(=O)N1CCCC1)c1nnn(-c2ccc(F)cc2)c1-c1ccccc1. The van der Waals surface area contributed by atoms with Crippen LogP contribution in [0, 0.1) is 5.82 Å². The summed E-state index contributed by atoms with van der Waals surface area (Å²) in [5.74, 6) is -1.37. The van der Waals surface area contributed by atoms with Crippen LogP contribution in [-0.2, 0) is 0 Å². The van der Waals surface area contributed by atoms with Crippen molar-refractivity contribution in [1.29, 1.82) is 0 Å². The van der Waals surface area contributed by atoms with Gasteiger partial charge in [0.25, 0.3) is 5.91 Å².